The number of methoxy groups -OCH3 is 1. The molecule has 2 aromatic carbocycles. The van der Waals surface area contributed by atoms with E-state index < -0.39 is 26.7 Å². The van der Waals surface area contributed by atoms with Gasteiger partial charge in [-0.05, 0) is 41.0 Å². The van der Waals surface area contributed by atoms with Gasteiger partial charge in [-0.15, -0.1) is 3.77 Å². The highest BCUT2D eigenvalue weighted by atomic mass is 32.3. The zero-order valence-electron chi connectivity index (χ0n) is 11.0. The smallest absolute Gasteiger partial charge is 0.337 e. The number of ether oxygens (including phenoxy) is 1. The second kappa shape index (κ2) is 5.09. The number of rotatable bonds is 2. The van der Waals surface area contributed by atoms with Gasteiger partial charge in [0.1, 0.15) is 4.90 Å². The van der Waals surface area contributed by atoms with Crippen LogP contribution in [0.5, 0.6) is 0 Å². The van der Waals surface area contributed by atoms with Crippen molar-refractivity contribution in [2.45, 2.75) is 14.7 Å². The molecule has 0 N–H and O–H groups in total. The molecule has 1 unspecified atom stereocenters. The van der Waals surface area contributed by atoms with Gasteiger partial charge in [-0.25, -0.2) is 4.79 Å². The highest BCUT2D eigenvalue weighted by Crippen LogP contribution is 2.35. The van der Waals surface area contributed by atoms with Crippen LogP contribution in [-0.4, -0.2) is 21.5 Å². The molecule has 0 saturated carbocycles. The second-order valence-corrected chi connectivity index (χ2v) is 7.77. The molecule has 0 radical (unpaired) electrons. The molecule has 1 atom stereocenters. The van der Waals surface area contributed by atoms with E-state index in [0.29, 0.717) is 4.90 Å². The molecule has 21 heavy (non-hydrogen) atoms. The van der Waals surface area contributed by atoms with E-state index in [-0.39, 0.29) is 10.5 Å². The van der Waals surface area contributed by atoms with Gasteiger partial charge in [-0.1, -0.05) is 18.2 Å². The predicted octanol–water partition coefficient (Wildman–Crippen LogP) is 2.40. The minimum absolute atomic E-state index is 0.0811. The summed E-state index contributed by atoms with van der Waals surface area (Å²) in [4.78, 5) is 13.0. The van der Waals surface area contributed by atoms with E-state index in [2.05, 4.69) is 8.50 Å². The molecule has 108 valence electrons. The first-order valence-corrected chi connectivity index (χ1v) is 8.65. The van der Waals surface area contributed by atoms with Crippen molar-refractivity contribution in [3.63, 3.8) is 0 Å². The molecule has 0 bridgehead atoms. The first-order valence-electron chi connectivity index (χ1n) is 6.03. The summed E-state index contributed by atoms with van der Waals surface area (Å²) in [6.07, 6.45) is 0. The van der Waals surface area contributed by atoms with Crippen molar-refractivity contribution in [2.24, 2.45) is 3.77 Å². The monoisotopic (exact) mass is 321 g/mol. The molecule has 3 rings (SSSR count). The lowest BCUT2D eigenvalue weighted by molar-refractivity contribution is 0.0600. The number of sulfonamides is 1. The Morgan fingerprint density at radius 2 is 1.86 bits per heavy atom. The topological polar surface area (TPSA) is 72.8 Å². The van der Waals surface area contributed by atoms with Crippen molar-refractivity contribution in [3.05, 3.63) is 54.1 Å². The van der Waals surface area contributed by atoms with Crippen molar-refractivity contribution in [3.8, 4) is 0 Å². The van der Waals surface area contributed by atoms with Gasteiger partial charge < -0.3 is 4.74 Å². The molecule has 2 aromatic rings. The molecule has 0 spiro atoms. The van der Waals surface area contributed by atoms with Crippen LogP contribution in [0.15, 0.2) is 67.0 Å². The van der Waals surface area contributed by atoms with Gasteiger partial charge in [0.15, 0.2) is 0 Å². The molecule has 1 aliphatic rings. The third-order valence-corrected chi connectivity index (χ3v) is 6.89. The Labute approximate surface area is 124 Å². The lowest BCUT2D eigenvalue weighted by atomic mass is 10.2. The Hall–Kier alpha value is -1.99. The Balaban J connectivity index is 2.18. The maximum Gasteiger partial charge on any atom is 0.337 e. The number of hydrogen-bond acceptors (Lipinski definition) is 4. The van der Waals surface area contributed by atoms with Crippen LogP contribution in [0.3, 0.4) is 0 Å². The summed E-state index contributed by atoms with van der Waals surface area (Å²) in [5.41, 5.74) is 0.202. The maximum absolute atomic E-state index is 12.2. The molecule has 0 aliphatic carbocycles. The largest absolute Gasteiger partial charge is 0.465 e. The normalized spacial score (nSPS) is 18.6. The lowest BCUT2D eigenvalue weighted by Crippen LogP contribution is -2.03. The quantitative estimate of drug-likeness (QED) is 0.796. The van der Waals surface area contributed by atoms with Crippen LogP contribution in [0.25, 0.3) is 0 Å². The minimum Gasteiger partial charge on any atom is -0.465 e. The number of fused-ring (bicyclic) bond motifs is 1. The first kappa shape index (κ1) is 14.0. The third-order valence-electron chi connectivity index (χ3n) is 2.99. The van der Waals surface area contributed by atoms with Crippen LogP contribution in [0.2, 0.25) is 0 Å². The summed E-state index contributed by atoms with van der Waals surface area (Å²) in [6.45, 7) is 0. The van der Waals surface area contributed by atoms with Gasteiger partial charge >= 0.3 is 5.97 Å². The van der Waals surface area contributed by atoms with Crippen molar-refractivity contribution < 1.29 is 17.9 Å². The Morgan fingerprint density at radius 3 is 2.52 bits per heavy atom. The summed E-state index contributed by atoms with van der Waals surface area (Å²) in [7, 11) is -3.36. The zero-order chi connectivity index (χ0) is 15.0. The molecular weight excluding hydrogens is 310 g/mol. The number of hydrogen-bond donors (Lipinski definition) is 0. The fourth-order valence-corrected chi connectivity index (χ4v) is 6.05. The van der Waals surface area contributed by atoms with Crippen molar-refractivity contribution in [1.82, 2.24) is 0 Å². The fraction of sp³-hybridized carbons (Fsp3) is 0.0714. The molecule has 0 aromatic heterocycles. The highest BCUT2D eigenvalue weighted by Gasteiger charge is 2.30. The number of carbonyl (C=O) groups is 1. The minimum atomic E-state index is -3.74. The van der Waals surface area contributed by atoms with Gasteiger partial charge in [0.25, 0.3) is 10.0 Å². The zero-order valence-corrected chi connectivity index (χ0v) is 12.6. The molecule has 1 heterocycles. The van der Waals surface area contributed by atoms with Crippen molar-refractivity contribution in [1.29, 1.82) is 0 Å². The molecule has 0 saturated heterocycles. The molecule has 1 aliphatic heterocycles. The summed E-state index contributed by atoms with van der Waals surface area (Å²) in [5.74, 6) is -0.570. The van der Waals surface area contributed by atoms with Crippen LogP contribution in [-0.2, 0) is 25.5 Å². The number of benzene rings is 2. The van der Waals surface area contributed by atoms with E-state index in [1.54, 1.807) is 12.1 Å². The second-order valence-electron chi connectivity index (χ2n) is 4.30. The van der Waals surface area contributed by atoms with Crippen molar-refractivity contribution in [2.75, 3.05) is 7.11 Å². The van der Waals surface area contributed by atoms with Gasteiger partial charge in [-0.3, -0.25) is 0 Å². The highest BCUT2D eigenvalue weighted by molar-refractivity contribution is 8.02. The van der Waals surface area contributed by atoms with Crippen LogP contribution in [0.1, 0.15) is 10.4 Å². The van der Waals surface area contributed by atoms with Gasteiger partial charge in [0, 0.05) is 9.79 Å². The average Bonchev–Trinajstić information content (AvgIpc) is 2.78. The fourth-order valence-electron chi connectivity index (χ4n) is 2.01. The lowest BCUT2D eigenvalue weighted by Gasteiger charge is -2.05. The van der Waals surface area contributed by atoms with E-state index >= 15 is 0 Å². The average molecular weight is 321 g/mol. The van der Waals surface area contributed by atoms with E-state index in [1.165, 1.54) is 13.2 Å². The van der Waals surface area contributed by atoms with Gasteiger partial charge in [0.05, 0.1) is 12.7 Å². The molecule has 0 fully saturated rings. The third kappa shape index (κ3) is 2.38. The molecule has 7 heteroatoms. The van der Waals surface area contributed by atoms with Crippen LogP contribution in [0, 0.1) is 0 Å². The summed E-state index contributed by atoms with van der Waals surface area (Å²) in [5, 5.41) is 0. The Morgan fingerprint density at radius 1 is 1.14 bits per heavy atom. The number of carbonyl (C=O) groups excluding carboxylic acids is 1. The van der Waals surface area contributed by atoms with Crippen molar-refractivity contribution >= 4 is 26.7 Å². The number of nitrogens with zero attached hydrogens (tertiary/aromatic N) is 1. The standard InChI is InChI=1S/C14H11NO4S2/c1-19-14(16)10-7-8-12-13(9-10)21(17,18)15-20(12)11-5-3-2-4-6-11/h2-9H,1H3. The SMILES string of the molecule is COC(=O)c1ccc2c(c1)S(=O)(=O)N=S2c1ccccc1. The predicted molar refractivity (Wildman–Crippen MR) is 77.7 cm³/mol. The maximum atomic E-state index is 12.2. The Bertz CT molecular complexity index is 858. The van der Waals surface area contributed by atoms with Gasteiger partial charge in [0.2, 0.25) is 0 Å². The first-order chi connectivity index (χ1) is 10.0. The van der Waals surface area contributed by atoms with Crippen LogP contribution >= 0.6 is 0 Å². The summed E-state index contributed by atoms with van der Waals surface area (Å²) in [6, 6.07) is 13.7. The van der Waals surface area contributed by atoms with Gasteiger partial charge in [-0.2, -0.15) is 8.42 Å². The molecule has 0 amide bonds. The Kier molecular flexibility index (Phi) is 3.38. The van der Waals surface area contributed by atoms with E-state index in [4.69, 9.17) is 0 Å². The van der Waals surface area contributed by atoms with E-state index in [1.807, 2.05) is 30.3 Å². The van der Waals surface area contributed by atoms with E-state index in [0.717, 1.165) is 4.90 Å². The van der Waals surface area contributed by atoms with Crippen LogP contribution in [0.4, 0.5) is 0 Å². The van der Waals surface area contributed by atoms with E-state index in [9.17, 15) is 13.2 Å². The number of esters is 1. The molecular formula is C14H11NO4S2. The van der Waals surface area contributed by atoms with Crippen LogP contribution < -0.4 is 0 Å². The molecule has 5 nitrogen and oxygen atoms in total. The summed E-state index contributed by atoms with van der Waals surface area (Å²) < 4.78 is 32.9. The summed E-state index contributed by atoms with van der Waals surface area (Å²) >= 11 is 0.